The highest BCUT2D eigenvalue weighted by Crippen LogP contribution is 2.25. The average Bonchev–Trinajstić information content (AvgIpc) is 2.79. The second kappa shape index (κ2) is 6.83. The second-order valence-electron chi connectivity index (χ2n) is 5.56. The van der Waals surface area contributed by atoms with Crippen molar-refractivity contribution in [2.24, 2.45) is 5.92 Å². The zero-order valence-electron chi connectivity index (χ0n) is 12.8. The highest BCUT2D eigenvalue weighted by Gasteiger charge is 2.14. The minimum absolute atomic E-state index is 0.201. The summed E-state index contributed by atoms with van der Waals surface area (Å²) < 4.78 is 7.44. The fourth-order valence-corrected chi connectivity index (χ4v) is 2.24. The van der Waals surface area contributed by atoms with E-state index in [0.717, 1.165) is 11.3 Å². The van der Waals surface area contributed by atoms with Crippen LogP contribution in [0.25, 0.3) is 0 Å². The largest absolute Gasteiger partial charge is 0.493 e. The molecule has 0 unspecified atom stereocenters. The van der Waals surface area contributed by atoms with Crippen molar-refractivity contribution in [2.75, 3.05) is 6.61 Å². The van der Waals surface area contributed by atoms with E-state index in [1.165, 1.54) is 6.20 Å². The van der Waals surface area contributed by atoms with Gasteiger partial charge >= 0.3 is 5.97 Å². The zero-order chi connectivity index (χ0) is 16.3. The molecule has 2 rings (SSSR count). The van der Waals surface area contributed by atoms with Crippen LogP contribution in [0.2, 0.25) is 5.02 Å². The summed E-state index contributed by atoms with van der Waals surface area (Å²) in [5.41, 5.74) is 1.67. The molecule has 0 spiro atoms. The van der Waals surface area contributed by atoms with Gasteiger partial charge in [-0.1, -0.05) is 25.4 Å². The van der Waals surface area contributed by atoms with Crippen molar-refractivity contribution in [1.29, 1.82) is 0 Å². The maximum atomic E-state index is 11.1. The van der Waals surface area contributed by atoms with Gasteiger partial charge in [0.05, 0.1) is 25.0 Å². The molecule has 0 radical (unpaired) electrons. The highest BCUT2D eigenvalue weighted by atomic mass is 35.5. The van der Waals surface area contributed by atoms with E-state index in [1.807, 2.05) is 12.1 Å². The van der Waals surface area contributed by atoms with Crippen molar-refractivity contribution < 1.29 is 14.6 Å². The smallest absolute Gasteiger partial charge is 0.339 e. The van der Waals surface area contributed by atoms with E-state index in [9.17, 15) is 4.79 Å². The third-order valence-corrected chi connectivity index (χ3v) is 3.48. The van der Waals surface area contributed by atoms with Crippen LogP contribution >= 0.6 is 11.6 Å². The summed E-state index contributed by atoms with van der Waals surface area (Å²) in [5, 5.41) is 13.8. The lowest BCUT2D eigenvalue weighted by molar-refractivity contribution is 0.0696. The molecular formula is C16H19ClN2O3. The topological polar surface area (TPSA) is 64.3 Å². The monoisotopic (exact) mass is 322 g/mol. The van der Waals surface area contributed by atoms with Crippen LogP contribution in [0.3, 0.4) is 0 Å². The number of carbonyl (C=O) groups is 1. The number of aromatic carboxylic acids is 1. The summed E-state index contributed by atoms with van der Waals surface area (Å²) in [4.78, 5) is 11.1. The molecule has 0 aliphatic carbocycles. The summed E-state index contributed by atoms with van der Waals surface area (Å²) in [6.45, 7) is 6.90. The van der Waals surface area contributed by atoms with Crippen molar-refractivity contribution in [3.63, 3.8) is 0 Å². The fraction of sp³-hybridized carbons (Fsp3) is 0.375. The van der Waals surface area contributed by atoms with Crippen molar-refractivity contribution in [3.8, 4) is 5.75 Å². The Morgan fingerprint density at radius 3 is 2.77 bits per heavy atom. The van der Waals surface area contributed by atoms with Gasteiger partial charge in [0.1, 0.15) is 11.3 Å². The Labute approximate surface area is 134 Å². The van der Waals surface area contributed by atoms with Crippen LogP contribution in [-0.4, -0.2) is 27.5 Å². The van der Waals surface area contributed by atoms with Gasteiger partial charge in [0.25, 0.3) is 0 Å². The highest BCUT2D eigenvalue weighted by molar-refractivity contribution is 6.30. The number of hydrogen-bond donors (Lipinski definition) is 1. The number of hydrogen-bond acceptors (Lipinski definition) is 3. The maximum Gasteiger partial charge on any atom is 0.339 e. The molecule has 6 heteroatoms. The molecule has 1 N–H and O–H groups in total. The Kier molecular flexibility index (Phi) is 5.08. The van der Waals surface area contributed by atoms with Gasteiger partial charge in [-0.2, -0.15) is 5.10 Å². The van der Waals surface area contributed by atoms with E-state index in [4.69, 9.17) is 21.4 Å². The van der Waals surface area contributed by atoms with Crippen LogP contribution in [-0.2, 0) is 6.54 Å². The van der Waals surface area contributed by atoms with Gasteiger partial charge < -0.3 is 9.84 Å². The quantitative estimate of drug-likeness (QED) is 0.882. The first-order valence-electron chi connectivity index (χ1n) is 7.05. The number of nitrogens with zero attached hydrogens (tertiary/aromatic N) is 2. The number of ether oxygens (including phenoxy) is 1. The summed E-state index contributed by atoms with van der Waals surface area (Å²) in [7, 11) is 0. The average molecular weight is 323 g/mol. The first-order chi connectivity index (χ1) is 10.4. The molecule has 0 saturated heterocycles. The van der Waals surface area contributed by atoms with Crippen LogP contribution < -0.4 is 4.74 Å². The van der Waals surface area contributed by atoms with Crippen LogP contribution in [0.1, 0.15) is 35.5 Å². The Morgan fingerprint density at radius 1 is 1.45 bits per heavy atom. The van der Waals surface area contributed by atoms with E-state index < -0.39 is 5.97 Å². The molecule has 1 aromatic carbocycles. The lowest BCUT2D eigenvalue weighted by Crippen LogP contribution is -2.10. The zero-order valence-corrected chi connectivity index (χ0v) is 13.6. The number of aromatic nitrogens is 2. The number of carboxylic acid groups (broad SMARTS) is 1. The van der Waals surface area contributed by atoms with Crippen LogP contribution in [0.4, 0.5) is 0 Å². The van der Waals surface area contributed by atoms with E-state index in [-0.39, 0.29) is 5.56 Å². The standard InChI is InChI=1S/C16H19ClN2O3/c1-10(2)9-22-15-5-4-13(17)6-12(15)8-19-11(3)14(7-18-19)16(20)21/h4-7,10H,8-9H2,1-3H3,(H,20,21). The Bertz CT molecular complexity index is 680. The number of carboxylic acids is 1. The van der Waals surface area contributed by atoms with Crippen LogP contribution in [0.15, 0.2) is 24.4 Å². The Morgan fingerprint density at radius 2 is 2.18 bits per heavy atom. The molecule has 0 aliphatic heterocycles. The molecule has 118 valence electrons. The summed E-state index contributed by atoms with van der Waals surface area (Å²) >= 11 is 6.06. The maximum absolute atomic E-state index is 11.1. The van der Waals surface area contributed by atoms with E-state index >= 15 is 0 Å². The minimum atomic E-state index is -0.980. The second-order valence-corrected chi connectivity index (χ2v) is 6.00. The van der Waals surface area contributed by atoms with E-state index in [1.54, 1.807) is 17.7 Å². The third-order valence-electron chi connectivity index (χ3n) is 3.25. The summed E-state index contributed by atoms with van der Waals surface area (Å²) in [5.74, 6) is 0.171. The first kappa shape index (κ1) is 16.4. The van der Waals surface area contributed by atoms with Gasteiger partial charge in [0.15, 0.2) is 0 Å². The molecule has 1 heterocycles. The predicted octanol–water partition coefficient (Wildman–Crippen LogP) is 3.63. The van der Waals surface area contributed by atoms with Gasteiger partial charge in [0.2, 0.25) is 0 Å². The Balaban J connectivity index is 2.28. The van der Waals surface area contributed by atoms with Gasteiger partial charge in [0, 0.05) is 10.6 Å². The van der Waals surface area contributed by atoms with Gasteiger partial charge in [-0.05, 0) is 31.0 Å². The first-order valence-corrected chi connectivity index (χ1v) is 7.43. The SMILES string of the molecule is Cc1c(C(=O)O)cnn1Cc1cc(Cl)ccc1OCC(C)C. The van der Waals surface area contributed by atoms with E-state index in [2.05, 4.69) is 18.9 Å². The molecule has 22 heavy (non-hydrogen) atoms. The lowest BCUT2D eigenvalue weighted by Gasteiger charge is -2.14. The predicted molar refractivity (Wildman–Crippen MR) is 84.8 cm³/mol. The molecule has 0 saturated carbocycles. The molecule has 0 aliphatic rings. The fourth-order valence-electron chi connectivity index (χ4n) is 2.05. The molecule has 2 aromatic rings. The van der Waals surface area contributed by atoms with E-state index in [0.29, 0.717) is 29.8 Å². The molecule has 0 fully saturated rings. The van der Waals surface area contributed by atoms with Crippen LogP contribution in [0, 0.1) is 12.8 Å². The molecule has 0 bridgehead atoms. The molecule has 0 atom stereocenters. The molecule has 0 amide bonds. The van der Waals surface area contributed by atoms with Crippen molar-refractivity contribution in [3.05, 3.63) is 46.2 Å². The van der Waals surface area contributed by atoms with Gasteiger partial charge in [-0.15, -0.1) is 0 Å². The van der Waals surface area contributed by atoms with Gasteiger partial charge in [-0.3, -0.25) is 4.68 Å². The Hall–Kier alpha value is -2.01. The summed E-state index contributed by atoms with van der Waals surface area (Å²) in [6, 6.07) is 5.43. The number of halogens is 1. The van der Waals surface area contributed by atoms with Crippen molar-refractivity contribution in [1.82, 2.24) is 9.78 Å². The molecule has 5 nitrogen and oxygen atoms in total. The number of benzene rings is 1. The molecule has 1 aromatic heterocycles. The normalized spacial score (nSPS) is 11.0. The third kappa shape index (κ3) is 3.80. The van der Waals surface area contributed by atoms with Crippen molar-refractivity contribution >= 4 is 17.6 Å². The minimum Gasteiger partial charge on any atom is -0.493 e. The molecular weight excluding hydrogens is 304 g/mol. The van der Waals surface area contributed by atoms with Crippen molar-refractivity contribution in [2.45, 2.75) is 27.3 Å². The summed E-state index contributed by atoms with van der Waals surface area (Å²) in [6.07, 6.45) is 1.36. The number of rotatable bonds is 6. The van der Waals surface area contributed by atoms with Gasteiger partial charge in [-0.25, -0.2) is 4.79 Å². The lowest BCUT2D eigenvalue weighted by atomic mass is 10.2. The van der Waals surface area contributed by atoms with Crippen LogP contribution in [0.5, 0.6) is 5.75 Å².